The minimum Gasteiger partial charge on any atom is -0.483 e. The zero-order chi connectivity index (χ0) is 15.9. The van der Waals surface area contributed by atoms with E-state index in [1.54, 1.807) is 12.1 Å². The predicted molar refractivity (Wildman–Crippen MR) is 74.3 cm³/mol. The Balaban J connectivity index is 1.97. The fourth-order valence-electron chi connectivity index (χ4n) is 1.92. The van der Waals surface area contributed by atoms with E-state index in [9.17, 15) is 19.4 Å². The second-order valence-corrected chi connectivity index (χ2v) is 4.51. The van der Waals surface area contributed by atoms with E-state index in [1.165, 1.54) is 6.26 Å². The van der Waals surface area contributed by atoms with Crippen LogP contribution in [-0.2, 0) is 24.6 Å². The first-order chi connectivity index (χ1) is 10.6. The SMILES string of the molecule is O=C(COc1c(CO)cc(F)cc1CO)NCc1ccco1. The number of nitrogens with one attached hydrogen (secondary N) is 1. The fourth-order valence-corrected chi connectivity index (χ4v) is 1.92. The molecule has 3 N–H and O–H groups in total. The lowest BCUT2D eigenvalue weighted by atomic mass is 10.1. The lowest BCUT2D eigenvalue weighted by Crippen LogP contribution is -2.28. The summed E-state index contributed by atoms with van der Waals surface area (Å²) in [7, 11) is 0. The molecule has 1 heterocycles. The quantitative estimate of drug-likeness (QED) is 0.712. The number of carbonyl (C=O) groups is 1. The standard InChI is InChI=1S/C15H16FNO5/c16-12-4-10(7-18)15(11(5-12)8-19)22-9-14(20)17-6-13-2-1-3-21-13/h1-5,18-19H,6-9H2,(H,17,20). The van der Waals surface area contributed by atoms with E-state index in [4.69, 9.17) is 9.15 Å². The van der Waals surface area contributed by atoms with Gasteiger partial charge in [-0.15, -0.1) is 0 Å². The highest BCUT2D eigenvalue weighted by Gasteiger charge is 2.13. The van der Waals surface area contributed by atoms with Gasteiger partial charge in [-0.3, -0.25) is 4.79 Å². The number of benzene rings is 1. The average molecular weight is 309 g/mol. The normalized spacial score (nSPS) is 10.5. The summed E-state index contributed by atoms with van der Waals surface area (Å²) in [6.45, 7) is -1.03. The number of aliphatic hydroxyl groups excluding tert-OH is 2. The molecule has 118 valence electrons. The van der Waals surface area contributed by atoms with Gasteiger partial charge in [0.05, 0.1) is 26.0 Å². The molecule has 0 bridgehead atoms. The van der Waals surface area contributed by atoms with E-state index in [0.717, 1.165) is 12.1 Å². The fraction of sp³-hybridized carbons (Fsp3) is 0.267. The molecule has 22 heavy (non-hydrogen) atoms. The monoisotopic (exact) mass is 309 g/mol. The minimum absolute atomic E-state index is 0.111. The van der Waals surface area contributed by atoms with Gasteiger partial charge >= 0.3 is 0 Å². The maximum Gasteiger partial charge on any atom is 0.258 e. The van der Waals surface area contributed by atoms with Gasteiger partial charge in [0.1, 0.15) is 17.3 Å². The molecule has 0 unspecified atom stereocenters. The van der Waals surface area contributed by atoms with Gasteiger partial charge < -0.3 is 24.7 Å². The molecule has 0 atom stereocenters. The highest BCUT2D eigenvalue weighted by atomic mass is 19.1. The minimum atomic E-state index is -0.595. The van der Waals surface area contributed by atoms with Crippen molar-refractivity contribution in [2.45, 2.75) is 19.8 Å². The lowest BCUT2D eigenvalue weighted by Gasteiger charge is -2.14. The molecule has 0 aliphatic carbocycles. The number of ether oxygens (including phenoxy) is 1. The van der Waals surface area contributed by atoms with Gasteiger partial charge in [0, 0.05) is 11.1 Å². The van der Waals surface area contributed by atoms with Gasteiger partial charge in [0.15, 0.2) is 6.61 Å². The first kappa shape index (κ1) is 16.0. The van der Waals surface area contributed by atoms with E-state index >= 15 is 0 Å². The molecule has 1 amide bonds. The number of furan rings is 1. The maximum absolute atomic E-state index is 13.3. The largest absolute Gasteiger partial charge is 0.483 e. The van der Waals surface area contributed by atoms with Crippen molar-refractivity contribution in [1.29, 1.82) is 0 Å². The topological polar surface area (TPSA) is 91.9 Å². The van der Waals surface area contributed by atoms with Crippen LogP contribution in [-0.4, -0.2) is 22.7 Å². The summed E-state index contributed by atoms with van der Waals surface area (Å²) in [6.07, 6.45) is 1.50. The molecule has 0 aliphatic heterocycles. The molecule has 2 aromatic rings. The highest BCUT2D eigenvalue weighted by molar-refractivity contribution is 5.77. The molecule has 0 spiro atoms. The summed E-state index contributed by atoms with van der Waals surface area (Å²) in [5, 5.41) is 21.0. The van der Waals surface area contributed by atoms with Crippen LogP contribution in [0.5, 0.6) is 5.75 Å². The molecule has 2 rings (SSSR count). The van der Waals surface area contributed by atoms with Crippen LogP contribution in [0.25, 0.3) is 0 Å². The van der Waals surface area contributed by atoms with Gasteiger partial charge in [0.2, 0.25) is 0 Å². The molecule has 0 saturated heterocycles. The van der Waals surface area contributed by atoms with E-state index in [0.29, 0.717) is 5.76 Å². The Bertz CT molecular complexity index is 602. The van der Waals surface area contributed by atoms with E-state index in [1.807, 2.05) is 0 Å². The number of aliphatic hydroxyl groups is 2. The molecule has 0 saturated carbocycles. The van der Waals surface area contributed by atoms with Crippen molar-refractivity contribution in [2.75, 3.05) is 6.61 Å². The molecule has 0 radical (unpaired) electrons. The van der Waals surface area contributed by atoms with Crippen molar-refractivity contribution in [2.24, 2.45) is 0 Å². The number of carbonyl (C=O) groups excluding carboxylic acids is 1. The number of amides is 1. The van der Waals surface area contributed by atoms with Crippen molar-refractivity contribution in [3.63, 3.8) is 0 Å². The third kappa shape index (κ3) is 4.06. The van der Waals surface area contributed by atoms with Crippen molar-refractivity contribution in [3.05, 3.63) is 53.2 Å². The second-order valence-electron chi connectivity index (χ2n) is 4.51. The van der Waals surface area contributed by atoms with Crippen LogP contribution in [0.4, 0.5) is 4.39 Å². The van der Waals surface area contributed by atoms with Gasteiger partial charge in [0.25, 0.3) is 5.91 Å². The Morgan fingerprint density at radius 1 is 1.27 bits per heavy atom. The van der Waals surface area contributed by atoms with Crippen LogP contribution in [0.1, 0.15) is 16.9 Å². The van der Waals surface area contributed by atoms with Gasteiger partial charge in [-0.25, -0.2) is 4.39 Å². The predicted octanol–water partition coefficient (Wildman–Crippen LogP) is 1.10. The molecule has 0 fully saturated rings. The summed E-state index contributed by atoms with van der Waals surface area (Å²) in [5.74, 6) is -0.294. The number of hydrogen-bond acceptors (Lipinski definition) is 5. The zero-order valence-corrected chi connectivity index (χ0v) is 11.7. The number of hydrogen-bond donors (Lipinski definition) is 3. The molecule has 1 aromatic heterocycles. The molecule has 6 nitrogen and oxygen atoms in total. The van der Waals surface area contributed by atoms with Crippen molar-refractivity contribution < 1.29 is 28.6 Å². The van der Waals surface area contributed by atoms with Crippen LogP contribution < -0.4 is 10.1 Å². The lowest BCUT2D eigenvalue weighted by molar-refractivity contribution is -0.123. The molecular weight excluding hydrogens is 293 g/mol. The zero-order valence-electron chi connectivity index (χ0n) is 11.7. The number of halogens is 1. The van der Waals surface area contributed by atoms with Crippen molar-refractivity contribution in [1.82, 2.24) is 5.32 Å². The smallest absolute Gasteiger partial charge is 0.258 e. The van der Waals surface area contributed by atoms with E-state index in [-0.39, 0.29) is 30.0 Å². The Hall–Kier alpha value is -2.38. The van der Waals surface area contributed by atoms with Crippen LogP contribution in [0, 0.1) is 5.82 Å². The third-order valence-electron chi connectivity index (χ3n) is 2.94. The first-order valence-corrected chi connectivity index (χ1v) is 6.59. The first-order valence-electron chi connectivity index (χ1n) is 6.59. The average Bonchev–Trinajstić information content (AvgIpc) is 3.04. The highest BCUT2D eigenvalue weighted by Crippen LogP contribution is 2.26. The van der Waals surface area contributed by atoms with E-state index < -0.39 is 24.9 Å². The Morgan fingerprint density at radius 3 is 2.50 bits per heavy atom. The van der Waals surface area contributed by atoms with Gasteiger partial charge in [-0.05, 0) is 24.3 Å². The molecule has 1 aromatic carbocycles. The summed E-state index contributed by atoms with van der Waals surface area (Å²) in [4.78, 5) is 11.7. The third-order valence-corrected chi connectivity index (χ3v) is 2.94. The maximum atomic E-state index is 13.3. The van der Waals surface area contributed by atoms with E-state index in [2.05, 4.69) is 5.32 Å². The van der Waals surface area contributed by atoms with Crippen LogP contribution >= 0.6 is 0 Å². The Morgan fingerprint density at radius 2 is 1.95 bits per heavy atom. The van der Waals surface area contributed by atoms with Crippen LogP contribution in [0.3, 0.4) is 0 Å². The van der Waals surface area contributed by atoms with Gasteiger partial charge in [-0.2, -0.15) is 0 Å². The molecule has 0 aliphatic rings. The van der Waals surface area contributed by atoms with Crippen molar-refractivity contribution in [3.8, 4) is 5.75 Å². The van der Waals surface area contributed by atoms with Crippen LogP contribution in [0.2, 0.25) is 0 Å². The van der Waals surface area contributed by atoms with Gasteiger partial charge in [-0.1, -0.05) is 0 Å². The second kappa shape index (κ2) is 7.58. The number of rotatable bonds is 7. The summed E-state index contributed by atoms with van der Waals surface area (Å²) < 4.78 is 23.7. The molecule has 7 heteroatoms. The summed E-state index contributed by atoms with van der Waals surface area (Å²) in [6, 6.07) is 5.61. The Labute approximate surface area is 126 Å². The van der Waals surface area contributed by atoms with Crippen LogP contribution in [0.15, 0.2) is 34.9 Å². The Kier molecular flexibility index (Phi) is 5.51. The molecular formula is C15H16FNO5. The summed E-state index contributed by atoms with van der Waals surface area (Å²) >= 11 is 0. The summed E-state index contributed by atoms with van der Waals surface area (Å²) in [5.41, 5.74) is 0.339. The van der Waals surface area contributed by atoms with Crippen molar-refractivity contribution >= 4 is 5.91 Å².